The van der Waals surface area contributed by atoms with Gasteiger partial charge < -0.3 is 24.6 Å². The fourth-order valence-electron chi connectivity index (χ4n) is 7.03. The summed E-state index contributed by atoms with van der Waals surface area (Å²) in [6.07, 6.45) is 6.57. The number of carboxylic acid groups (broad SMARTS) is 1. The van der Waals surface area contributed by atoms with Crippen LogP contribution in [0, 0.1) is 31.2 Å². The quantitative estimate of drug-likeness (QED) is 0.0689. The molecule has 3 unspecified atom stereocenters. The third-order valence-electron chi connectivity index (χ3n) is 9.38. The summed E-state index contributed by atoms with van der Waals surface area (Å²) in [7, 11) is 1.57. The van der Waals surface area contributed by atoms with Crippen LogP contribution in [0.4, 0.5) is 17.1 Å². The summed E-state index contributed by atoms with van der Waals surface area (Å²) in [5, 5.41) is 16.5. The van der Waals surface area contributed by atoms with E-state index in [-0.39, 0.29) is 29.2 Å². The number of methoxy groups -OCH3 is 1. The number of aromatic amines is 1. The maximum absolute atomic E-state index is 13.6. The van der Waals surface area contributed by atoms with Gasteiger partial charge in [0, 0.05) is 11.8 Å². The Labute approximate surface area is 287 Å². The van der Waals surface area contributed by atoms with Gasteiger partial charge in [0.05, 0.1) is 25.1 Å². The van der Waals surface area contributed by atoms with Crippen molar-refractivity contribution in [2.75, 3.05) is 12.4 Å². The highest BCUT2D eigenvalue weighted by Gasteiger charge is 2.35. The number of nitrogens with zero attached hydrogens (tertiary/aromatic N) is 3. The Balaban J connectivity index is 1.43. The predicted molar refractivity (Wildman–Crippen MR) is 189 cm³/mol. The van der Waals surface area contributed by atoms with Crippen molar-refractivity contribution in [3.8, 4) is 22.9 Å². The van der Waals surface area contributed by atoms with Gasteiger partial charge in [-0.3, -0.25) is 9.61 Å². The van der Waals surface area contributed by atoms with E-state index >= 15 is 0 Å². The molecule has 11 heteroatoms. The molecular weight excluding hydrogens is 622 g/mol. The molecule has 260 valence electrons. The molecule has 49 heavy (non-hydrogen) atoms. The number of carbonyl (C=O) groups is 2. The van der Waals surface area contributed by atoms with E-state index in [1.165, 1.54) is 0 Å². The Morgan fingerprint density at radius 3 is 2.47 bits per heavy atom. The second-order valence-electron chi connectivity index (χ2n) is 13.5. The second-order valence-corrected chi connectivity index (χ2v) is 13.5. The van der Waals surface area contributed by atoms with Crippen LogP contribution in [0.15, 0.2) is 42.6 Å². The second kappa shape index (κ2) is 15.5. The highest BCUT2D eigenvalue weighted by molar-refractivity contribution is 6.03. The van der Waals surface area contributed by atoms with Crippen LogP contribution in [-0.4, -0.2) is 51.0 Å². The first kappa shape index (κ1) is 35.3. The average Bonchev–Trinajstić information content (AvgIpc) is 3.63. The molecule has 4 aromatic rings. The van der Waals surface area contributed by atoms with Gasteiger partial charge in [-0.25, -0.2) is 19.4 Å². The fraction of sp³-hybridized carbons (Fsp3) is 0.474. The summed E-state index contributed by atoms with van der Waals surface area (Å²) in [6, 6.07) is 11.0. The normalized spacial score (nSPS) is 19.6. The van der Waals surface area contributed by atoms with Gasteiger partial charge in [-0.15, -0.1) is 0 Å². The highest BCUT2D eigenvalue weighted by Crippen LogP contribution is 2.39. The van der Waals surface area contributed by atoms with Crippen molar-refractivity contribution in [1.29, 1.82) is 0 Å². The number of hydrogen-bond acceptors (Lipinski definition) is 7. The Bertz CT molecular complexity index is 1830. The molecule has 1 fully saturated rings. The number of aromatic nitrogens is 3. The number of aryl methyl sites for hydroxylation is 1. The molecule has 0 bridgehead atoms. The molecule has 2 aromatic carbocycles. The summed E-state index contributed by atoms with van der Waals surface area (Å²) >= 11 is 0. The topological polar surface area (TPSA) is 132 Å². The number of fused-ring (bicyclic) bond motifs is 1. The minimum absolute atomic E-state index is 0.145. The molecule has 3 atom stereocenters. The Morgan fingerprint density at radius 1 is 1.08 bits per heavy atom. The number of carboxylic acids is 1. The number of unbranched alkanes of at least 4 members (excludes halogenated alkanes) is 3. The summed E-state index contributed by atoms with van der Waals surface area (Å²) in [6.45, 7) is 18.2. The lowest BCUT2D eigenvalue weighted by Gasteiger charge is -2.37. The van der Waals surface area contributed by atoms with E-state index in [2.05, 4.69) is 43.0 Å². The fourth-order valence-corrected chi connectivity index (χ4v) is 7.03. The van der Waals surface area contributed by atoms with Gasteiger partial charge in [0.2, 0.25) is 5.69 Å². The lowest BCUT2D eigenvalue weighted by atomic mass is 9.75. The number of aliphatic carboxylic acids is 1. The first-order valence-electron chi connectivity index (χ1n) is 17.2. The minimum Gasteiger partial charge on any atom is -0.495 e. The van der Waals surface area contributed by atoms with Crippen LogP contribution >= 0.6 is 0 Å². The van der Waals surface area contributed by atoms with Crippen molar-refractivity contribution < 1.29 is 28.9 Å². The predicted octanol–water partition coefficient (Wildman–Crippen LogP) is 8.97. The van der Waals surface area contributed by atoms with Crippen LogP contribution in [0.5, 0.6) is 11.5 Å². The van der Waals surface area contributed by atoms with Crippen molar-refractivity contribution in [2.24, 2.45) is 17.8 Å². The van der Waals surface area contributed by atoms with Crippen LogP contribution in [0.3, 0.4) is 0 Å². The number of benzene rings is 2. The Hall–Kier alpha value is -4.98. The maximum Gasteiger partial charge on any atom is 0.344 e. The number of ether oxygens (including phenoxy) is 3. The Kier molecular flexibility index (Phi) is 11.2. The van der Waals surface area contributed by atoms with Crippen molar-refractivity contribution in [1.82, 2.24) is 14.6 Å². The maximum atomic E-state index is 13.6. The van der Waals surface area contributed by atoms with E-state index in [0.29, 0.717) is 52.2 Å². The number of rotatable bonds is 14. The summed E-state index contributed by atoms with van der Waals surface area (Å²) < 4.78 is 19.4. The number of nitrogens with one attached hydrogen (secondary N) is 2. The molecule has 0 amide bonds. The zero-order valence-corrected chi connectivity index (χ0v) is 29.2. The molecule has 11 nitrogen and oxygen atoms in total. The van der Waals surface area contributed by atoms with Crippen LogP contribution in [0.25, 0.3) is 21.9 Å². The third-order valence-corrected chi connectivity index (χ3v) is 9.38. The van der Waals surface area contributed by atoms with Gasteiger partial charge >= 0.3 is 11.9 Å². The number of hydrogen-bond donors (Lipinski definition) is 3. The van der Waals surface area contributed by atoms with Gasteiger partial charge in [0.15, 0.2) is 17.6 Å². The molecular formula is C38H47N5O6. The molecule has 0 aliphatic heterocycles. The Morgan fingerprint density at radius 2 is 1.80 bits per heavy atom. The van der Waals surface area contributed by atoms with E-state index in [1.807, 2.05) is 31.2 Å². The van der Waals surface area contributed by atoms with Crippen molar-refractivity contribution in [3.63, 3.8) is 0 Å². The van der Waals surface area contributed by atoms with E-state index < -0.39 is 18.0 Å². The summed E-state index contributed by atoms with van der Waals surface area (Å²) in [5.74, 6) is 0.905. The third kappa shape index (κ3) is 8.02. The minimum atomic E-state index is -1.00. The number of esters is 1. The molecule has 0 radical (unpaired) electrons. The van der Waals surface area contributed by atoms with E-state index in [9.17, 15) is 14.7 Å². The molecule has 5 rings (SSSR count). The van der Waals surface area contributed by atoms with Crippen LogP contribution in [0.1, 0.15) is 88.6 Å². The standard InChI is InChI=1S/C38H47N5O6/c1-8-9-10-11-12-32(37(44)45)48-31-15-13-22(2)19-27(31)40-28-20-26(14-16-30(28)47-7)35-41-36-33(29(39-6)21-43(36)42-35)38(46)49-34-24(4)17-23(3)18-25(34)5/h13-16,19-21,23-25,32,34,40H,8-12,17-18H2,1-5,7H3,(H,41,42)(H,44,45). The molecule has 2 heterocycles. The van der Waals surface area contributed by atoms with Gasteiger partial charge in [-0.05, 0) is 86.3 Å². The smallest absolute Gasteiger partial charge is 0.344 e. The number of anilines is 2. The lowest BCUT2D eigenvalue weighted by molar-refractivity contribution is -0.145. The molecule has 1 aliphatic carbocycles. The zero-order chi connectivity index (χ0) is 35.2. The van der Waals surface area contributed by atoms with E-state index in [0.717, 1.165) is 44.1 Å². The van der Waals surface area contributed by atoms with Gasteiger partial charge in [0.25, 0.3) is 0 Å². The van der Waals surface area contributed by atoms with Crippen molar-refractivity contribution in [2.45, 2.75) is 91.8 Å². The first-order valence-corrected chi connectivity index (χ1v) is 17.2. The average molecular weight is 670 g/mol. The molecule has 0 saturated heterocycles. The highest BCUT2D eigenvalue weighted by atomic mass is 16.5. The molecule has 1 saturated carbocycles. The van der Waals surface area contributed by atoms with E-state index in [4.69, 9.17) is 25.8 Å². The van der Waals surface area contributed by atoms with Gasteiger partial charge in [-0.2, -0.15) is 0 Å². The van der Waals surface area contributed by atoms with Gasteiger partial charge in [0.1, 0.15) is 23.2 Å². The zero-order valence-electron chi connectivity index (χ0n) is 29.2. The number of carbonyl (C=O) groups excluding carboxylic acids is 1. The van der Waals surface area contributed by atoms with Crippen LogP contribution < -0.4 is 14.8 Å². The van der Waals surface area contributed by atoms with Crippen molar-refractivity contribution >= 4 is 34.6 Å². The SMILES string of the molecule is [C-]#[N+]c1cn2[nH]c(-c3ccc(OC)c(Nc4cc(C)ccc4OC(CCCCCC)C(=O)O)c3)nc2c1C(=O)OC1C(C)CC(C)CC1C. The largest absolute Gasteiger partial charge is 0.495 e. The lowest BCUT2D eigenvalue weighted by Crippen LogP contribution is -2.37. The molecule has 3 N–H and O–H groups in total. The van der Waals surface area contributed by atoms with Crippen LogP contribution in [-0.2, 0) is 9.53 Å². The van der Waals surface area contributed by atoms with E-state index in [1.54, 1.807) is 30.0 Å². The molecule has 2 aromatic heterocycles. The number of H-pyrrole nitrogens is 1. The monoisotopic (exact) mass is 669 g/mol. The summed E-state index contributed by atoms with van der Waals surface area (Å²) in [5.41, 5.74) is 3.47. The summed E-state index contributed by atoms with van der Waals surface area (Å²) in [4.78, 5) is 34.0. The first-order chi connectivity index (χ1) is 23.5. The van der Waals surface area contributed by atoms with Crippen molar-refractivity contribution in [3.05, 3.63) is 65.1 Å². The molecule has 0 spiro atoms. The molecule has 1 aliphatic rings. The van der Waals surface area contributed by atoms with Crippen LogP contribution in [0.2, 0.25) is 0 Å². The van der Waals surface area contributed by atoms with Gasteiger partial charge in [-0.1, -0.05) is 53.0 Å².